The van der Waals surface area contributed by atoms with Crippen molar-refractivity contribution in [2.24, 2.45) is 5.73 Å². The molecule has 0 saturated heterocycles. The van der Waals surface area contributed by atoms with Gasteiger partial charge in [-0.25, -0.2) is 0 Å². The third-order valence-electron chi connectivity index (χ3n) is 2.97. The maximum atomic E-state index is 10.8. The number of aryl methyl sites for hydroxylation is 2. The highest BCUT2D eigenvalue weighted by molar-refractivity contribution is 5.73. The molecule has 1 rings (SSSR count). The van der Waals surface area contributed by atoms with Gasteiger partial charge in [-0.05, 0) is 38.4 Å². The molecule has 1 aromatic rings. The topological polar surface area (TPSA) is 75.3 Å². The van der Waals surface area contributed by atoms with E-state index in [2.05, 4.69) is 11.4 Å². The van der Waals surface area contributed by atoms with Gasteiger partial charge in [-0.15, -0.1) is 0 Å². The molecule has 17 heavy (non-hydrogen) atoms. The van der Waals surface area contributed by atoms with Gasteiger partial charge in [-0.1, -0.05) is 23.8 Å². The summed E-state index contributed by atoms with van der Waals surface area (Å²) in [5.74, 6) is -0.962. The standard InChI is InChI=1S/C13H20N2O2/c1-8-4-5-9(2)10(6-8)12(15-3)7-11(14)13(16)17/h4-6,11-12,15H,7,14H2,1-3H3,(H,16,17). The van der Waals surface area contributed by atoms with Crippen LogP contribution >= 0.6 is 0 Å². The van der Waals surface area contributed by atoms with E-state index in [-0.39, 0.29) is 6.04 Å². The number of aliphatic carboxylic acids is 1. The Labute approximate surface area is 102 Å². The SMILES string of the molecule is CNC(CC(N)C(=O)O)c1cc(C)ccc1C. The minimum atomic E-state index is -0.962. The quantitative estimate of drug-likeness (QED) is 0.721. The Bertz CT molecular complexity index is 404. The first-order chi connectivity index (χ1) is 7.95. The van der Waals surface area contributed by atoms with Crippen molar-refractivity contribution in [2.45, 2.75) is 32.4 Å². The molecule has 0 aliphatic heterocycles. The fraction of sp³-hybridized carbons (Fsp3) is 0.462. The molecule has 0 bridgehead atoms. The average Bonchev–Trinajstić information content (AvgIpc) is 2.29. The summed E-state index contributed by atoms with van der Waals surface area (Å²) in [5, 5.41) is 12.0. The predicted octanol–water partition coefficient (Wildman–Crippen LogP) is 1.37. The molecule has 0 amide bonds. The van der Waals surface area contributed by atoms with Gasteiger partial charge < -0.3 is 16.2 Å². The highest BCUT2D eigenvalue weighted by Crippen LogP contribution is 2.22. The van der Waals surface area contributed by atoms with Crippen LogP contribution in [0.2, 0.25) is 0 Å². The van der Waals surface area contributed by atoms with Crippen LogP contribution < -0.4 is 11.1 Å². The van der Waals surface area contributed by atoms with Crippen molar-refractivity contribution in [3.8, 4) is 0 Å². The zero-order valence-corrected chi connectivity index (χ0v) is 10.5. The normalized spacial score (nSPS) is 14.4. The smallest absolute Gasteiger partial charge is 0.320 e. The van der Waals surface area contributed by atoms with Gasteiger partial charge in [0.05, 0.1) is 0 Å². The molecule has 4 nitrogen and oxygen atoms in total. The summed E-state index contributed by atoms with van der Waals surface area (Å²) in [6.07, 6.45) is 0.385. The third kappa shape index (κ3) is 3.54. The molecule has 0 saturated carbocycles. The van der Waals surface area contributed by atoms with Crippen LogP contribution in [0.25, 0.3) is 0 Å². The Morgan fingerprint density at radius 3 is 2.65 bits per heavy atom. The number of carbonyl (C=O) groups is 1. The van der Waals surface area contributed by atoms with Crippen LogP contribution in [0.5, 0.6) is 0 Å². The largest absolute Gasteiger partial charge is 0.480 e. The molecule has 2 atom stereocenters. The Hall–Kier alpha value is -1.39. The first-order valence-electron chi connectivity index (χ1n) is 5.68. The molecule has 2 unspecified atom stereocenters. The third-order valence-corrected chi connectivity index (χ3v) is 2.97. The van der Waals surface area contributed by atoms with Crippen LogP contribution in [0.3, 0.4) is 0 Å². The number of hydrogen-bond acceptors (Lipinski definition) is 3. The van der Waals surface area contributed by atoms with E-state index in [4.69, 9.17) is 10.8 Å². The minimum Gasteiger partial charge on any atom is -0.480 e. The summed E-state index contributed by atoms with van der Waals surface area (Å²) in [7, 11) is 1.82. The Morgan fingerprint density at radius 1 is 1.47 bits per heavy atom. The van der Waals surface area contributed by atoms with E-state index in [0.29, 0.717) is 6.42 Å². The molecule has 0 spiro atoms. The van der Waals surface area contributed by atoms with Gasteiger partial charge in [0.2, 0.25) is 0 Å². The van der Waals surface area contributed by atoms with Crippen LogP contribution in [0.4, 0.5) is 0 Å². The number of rotatable bonds is 5. The molecule has 0 aliphatic rings. The van der Waals surface area contributed by atoms with Gasteiger partial charge in [0.1, 0.15) is 6.04 Å². The number of nitrogens with one attached hydrogen (secondary N) is 1. The van der Waals surface area contributed by atoms with E-state index in [1.54, 1.807) is 0 Å². The van der Waals surface area contributed by atoms with Crippen LogP contribution in [-0.4, -0.2) is 24.2 Å². The first-order valence-corrected chi connectivity index (χ1v) is 5.68. The van der Waals surface area contributed by atoms with Crippen LogP contribution in [0, 0.1) is 13.8 Å². The lowest BCUT2D eigenvalue weighted by molar-refractivity contribution is -0.138. The van der Waals surface area contributed by atoms with Gasteiger partial charge >= 0.3 is 5.97 Å². The summed E-state index contributed by atoms with van der Waals surface area (Å²) in [5.41, 5.74) is 9.00. The second-order valence-electron chi connectivity index (χ2n) is 4.38. The molecule has 4 N–H and O–H groups in total. The van der Waals surface area contributed by atoms with Crippen molar-refractivity contribution in [3.05, 3.63) is 34.9 Å². The van der Waals surface area contributed by atoms with E-state index >= 15 is 0 Å². The second kappa shape index (κ2) is 5.80. The van der Waals surface area contributed by atoms with Gasteiger partial charge in [-0.2, -0.15) is 0 Å². The van der Waals surface area contributed by atoms with Crippen molar-refractivity contribution < 1.29 is 9.90 Å². The number of carboxylic acid groups (broad SMARTS) is 1. The molecule has 4 heteroatoms. The minimum absolute atomic E-state index is 0.0269. The van der Waals surface area contributed by atoms with Gasteiger partial charge in [0, 0.05) is 6.04 Å². The molecule has 0 radical (unpaired) electrons. The summed E-state index contributed by atoms with van der Waals surface area (Å²) < 4.78 is 0. The van der Waals surface area contributed by atoms with E-state index in [9.17, 15) is 4.79 Å². The number of hydrogen-bond donors (Lipinski definition) is 3. The summed E-state index contributed by atoms with van der Waals surface area (Å²) >= 11 is 0. The Kier molecular flexibility index (Phi) is 4.66. The predicted molar refractivity (Wildman–Crippen MR) is 67.9 cm³/mol. The number of benzene rings is 1. The zero-order chi connectivity index (χ0) is 13.0. The van der Waals surface area contributed by atoms with Gasteiger partial charge in [0.25, 0.3) is 0 Å². The van der Waals surface area contributed by atoms with Crippen molar-refractivity contribution in [1.82, 2.24) is 5.32 Å². The zero-order valence-electron chi connectivity index (χ0n) is 10.5. The van der Waals surface area contributed by atoms with Crippen molar-refractivity contribution in [2.75, 3.05) is 7.05 Å². The molecule has 94 valence electrons. The monoisotopic (exact) mass is 236 g/mol. The molecule has 1 aromatic carbocycles. The van der Waals surface area contributed by atoms with E-state index < -0.39 is 12.0 Å². The molecule has 0 aliphatic carbocycles. The maximum absolute atomic E-state index is 10.8. The van der Waals surface area contributed by atoms with Crippen LogP contribution in [0.15, 0.2) is 18.2 Å². The fourth-order valence-electron chi connectivity index (χ4n) is 1.89. The lowest BCUT2D eigenvalue weighted by atomic mass is 9.94. The van der Waals surface area contributed by atoms with E-state index in [1.165, 1.54) is 0 Å². The molecular weight excluding hydrogens is 216 g/mol. The summed E-state index contributed by atoms with van der Waals surface area (Å²) in [6.45, 7) is 4.04. The lowest BCUT2D eigenvalue weighted by Gasteiger charge is -2.21. The molecular formula is C13H20N2O2. The van der Waals surface area contributed by atoms with Gasteiger partial charge in [0.15, 0.2) is 0 Å². The van der Waals surface area contributed by atoms with Gasteiger partial charge in [-0.3, -0.25) is 4.79 Å². The summed E-state index contributed by atoms with van der Waals surface area (Å²) in [4.78, 5) is 10.8. The average molecular weight is 236 g/mol. The van der Waals surface area contributed by atoms with Crippen molar-refractivity contribution in [3.63, 3.8) is 0 Å². The molecule has 0 heterocycles. The van der Waals surface area contributed by atoms with E-state index in [1.807, 2.05) is 33.0 Å². The Morgan fingerprint density at radius 2 is 2.12 bits per heavy atom. The molecule has 0 aromatic heterocycles. The highest BCUT2D eigenvalue weighted by atomic mass is 16.4. The Balaban J connectivity index is 2.93. The number of nitrogens with two attached hydrogens (primary N) is 1. The van der Waals surface area contributed by atoms with E-state index in [0.717, 1.165) is 16.7 Å². The van der Waals surface area contributed by atoms with Crippen LogP contribution in [0.1, 0.15) is 29.2 Å². The van der Waals surface area contributed by atoms with Crippen molar-refractivity contribution >= 4 is 5.97 Å². The lowest BCUT2D eigenvalue weighted by Crippen LogP contribution is -2.35. The van der Waals surface area contributed by atoms with Crippen LogP contribution in [-0.2, 0) is 4.79 Å². The highest BCUT2D eigenvalue weighted by Gasteiger charge is 2.20. The summed E-state index contributed by atoms with van der Waals surface area (Å²) in [6, 6.07) is 5.29. The number of carboxylic acids is 1. The second-order valence-corrected chi connectivity index (χ2v) is 4.38. The maximum Gasteiger partial charge on any atom is 0.320 e. The fourth-order valence-corrected chi connectivity index (χ4v) is 1.89. The van der Waals surface area contributed by atoms with Crippen molar-refractivity contribution in [1.29, 1.82) is 0 Å². The first kappa shape index (κ1) is 13.7. The molecule has 0 fully saturated rings.